The van der Waals surface area contributed by atoms with Crippen molar-refractivity contribution in [2.75, 3.05) is 98.9 Å². The fourth-order valence-electron chi connectivity index (χ4n) is 12.3. The normalized spacial score (nSPS) is 19.8. The summed E-state index contributed by atoms with van der Waals surface area (Å²) in [5.41, 5.74) is 8.11. The van der Waals surface area contributed by atoms with Gasteiger partial charge in [0.25, 0.3) is 0 Å². The molecule has 4 aromatic carbocycles. The molecule has 0 amide bonds. The maximum Gasteiger partial charge on any atom is 0.126 e. The zero-order chi connectivity index (χ0) is 78.1. The van der Waals surface area contributed by atoms with Gasteiger partial charge in [0.1, 0.15) is 46.0 Å². The van der Waals surface area contributed by atoms with Crippen LogP contribution < -0.4 is 37.9 Å². The summed E-state index contributed by atoms with van der Waals surface area (Å²) < 4.78 is 72.2. The third-order valence-electron chi connectivity index (χ3n) is 17.9. The van der Waals surface area contributed by atoms with Crippen LogP contribution in [0.25, 0.3) is 0 Å². The van der Waals surface area contributed by atoms with Crippen molar-refractivity contribution in [1.29, 1.82) is 0 Å². The van der Waals surface area contributed by atoms with E-state index in [0.29, 0.717) is 52.9 Å². The Hall–Kier alpha value is -0.680. The molecule has 8 heterocycles. The predicted molar refractivity (Wildman–Crippen MR) is 502 cm³/mol. The van der Waals surface area contributed by atoms with Crippen molar-refractivity contribution in [2.45, 2.75) is 209 Å². The lowest BCUT2D eigenvalue weighted by Gasteiger charge is -2.29. The van der Waals surface area contributed by atoms with Crippen LogP contribution in [-0.2, 0) is 43.3 Å². The molecule has 0 fully saturated rings. The van der Waals surface area contributed by atoms with Crippen molar-refractivity contribution in [3.63, 3.8) is 0 Å². The van der Waals surface area contributed by atoms with E-state index in [1.165, 1.54) is 95.4 Å². The second-order valence-electron chi connectivity index (χ2n) is 35.2. The largest absolute Gasteiger partial charge is 0.492 e. The van der Waals surface area contributed by atoms with Crippen LogP contribution in [0.2, 0.25) is 0 Å². The van der Waals surface area contributed by atoms with Crippen LogP contribution in [0.15, 0.2) is 99.4 Å². The molecule has 8 nitrogen and oxygen atoms in total. The van der Waals surface area contributed by atoms with Crippen LogP contribution in [-0.4, -0.2) is 98.9 Å². The highest BCUT2D eigenvalue weighted by atomic mass is 32.3. The lowest BCUT2D eigenvalue weighted by Crippen LogP contribution is -2.20. The number of fused-ring (bicyclic) bond motifs is 24. The fraction of sp³-hybridized carbons (Fsp3) is 0.571. The molecule has 0 atom stereocenters. The van der Waals surface area contributed by atoms with Gasteiger partial charge in [0.15, 0.2) is 0 Å². The lowest BCUT2D eigenvalue weighted by atomic mass is 9.79. The second kappa shape index (κ2) is 36.7. The number of hydrogen-bond acceptors (Lipinski definition) is 24. The average Bonchev–Trinajstić information content (AvgIpc) is 1.30. The Morgan fingerprint density at radius 3 is 0.380 bits per heavy atom. The summed E-state index contributed by atoms with van der Waals surface area (Å²) in [4.78, 5) is 0. The molecular weight excluding hydrogens is 1650 g/mol. The molecule has 4 aromatic rings. The van der Waals surface area contributed by atoms with Gasteiger partial charge >= 0.3 is 0 Å². The summed E-state index contributed by atoms with van der Waals surface area (Å²) >= 11 is 30.6. The third-order valence-corrected chi connectivity index (χ3v) is 40.7. The van der Waals surface area contributed by atoms with Crippen LogP contribution in [0, 0.1) is 0 Å². The second-order valence-corrected chi connectivity index (χ2v) is 55.3. The van der Waals surface area contributed by atoms with Crippen LogP contribution in [0.3, 0.4) is 0 Å². The SMILES string of the molecule is CC(C)(C)c1cc(C(C)(C)C)c2cc1OCCSC1=C3SCCOc4cc(c(C(C)(C)C)cc4C(C)(C)C)OCCSC4=C5SCCOc6cc(c(C(C)(C)C)cc6C(C)(C)C)OCCSC6=C(SCCOc7cc(c(C(C)(C)C)cc7C(C)(C)C)OCCSC7=C(SCCO2)SC(=C(S4)S5)S7)SC(=C(S1)S3)S6. The Labute approximate surface area is 716 Å². The van der Waals surface area contributed by atoms with Crippen molar-refractivity contribution in [2.24, 2.45) is 0 Å². The first-order valence-electron chi connectivity index (χ1n) is 37.3. The molecule has 8 aliphatic heterocycles. The highest BCUT2D eigenvalue weighted by Crippen LogP contribution is 2.68. The monoisotopic (exact) mass is 1760 g/mol. The molecule has 108 heavy (non-hydrogen) atoms. The van der Waals surface area contributed by atoms with E-state index in [2.05, 4.69) is 215 Å². The molecular formula is C84H112O8S16. The maximum absolute atomic E-state index is 7.07. The molecule has 0 unspecified atom stereocenters. The first-order chi connectivity index (χ1) is 50.6. The molecule has 0 saturated heterocycles. The number of thioether (sulfide) groups is 16. The molecule has 0 saturated carbocycles. The van der Waals surface area contributed by atoms with Gasteiger partial charge in [-0.2, -0.15) is 0 Å². The van der Waals surface area contributed by atoms with E-state index in [9.17, 15) is 0 Å². The minimum Gasteiger partial charge on any atom is -0.492 e. The summed E-state index contributed by atoms with van der Waals surface area (Å²) in [5.74, 6) is 13.3. The van der Waals surface area contributed by atoms with Gasteiger partial charge in [-0.05, 0) is 67.6 Å². The predicted octanol–water partition coefficient (Wildman–Crippen LogP) is 28.8. The Bertz CT molecular complexity index is 3400. The Balaban J connectivity index is 1.07. The summed E-state index contributed by atoms with van der Waals surface area (Å²) in [6.45, 7) is 59.4. The third kappa shape index (κ3) is 23.0. The smallest absolute Gasteiger partial charge is 0.126 e. The molecule has 8 aliphatic rings. The van der Waals surface area contributed by atoms with Gasteiger partial charge in [-0.15, -0.1) is 94.1 Å². The van der Waals surface area contributed by atoms with Crippen molar-refractivity contribution in [1.82, 2.24) is 0 Å². The van der Waals surface area contributed by atoms with E-state index in [1.54, 1.807) is 0 Å². The number of benzene rings is 4. The Morgan fingerprint density at radius 2 is 0.278 bits per heavy atom. The van der Waals surface area contributed by atoms with E-state index < -0.39 is 0 Å². The highest BCUT2D eigenvalue weighted by Gasteiger charge is 2.38. The van der Waals surface area contributed by atoms with Crippen molar-refractivity contribution < 1.29 is 37.9 Å². The van der Waals surface area contributed by atoms with Gasteiger partial charge in [-0.1, -0.05) is 260 Å². The zero-order valence-electron chi connectivity index (χ0n) is 67.7. The number of ether oxygens (including phenoxy) is 8. The molecule has 0 N–H and O–H groups in total. The highest BCUT2D eigenvalue weighted by molar-refractivity contribution is 8.46. The van der Waals surface area contributed by atoms with E-state index in [1.807, 2.05) is 188 Å². The van der Waals surface area contributed by atoms with Gasteiger partial charge in [-0.3, -0.25) is 0 Å². The topological polar surface area (TPSA) is 73.8 Å². The standard InChI is InChI=1S/C84H112O8S16/c1-77(2,3)49-41-50(78(4,5)6)58-45-57(49)85-25-33-93-65-66-95-35-27-87-59-46-60(52(80(10,11)12)42-51(59)79(7,8)9)91-31-39-99-71-72-100-40-32-92-64-48-63(55(83(19,20)21)44-56(64)84(22,23)24)90-30-38-98-70-69(105-74(106-70)73(101-65)102-66)97-37-29-89-62-47-61(53(81(13,14)15)43-54(62)82(16,17)18)88-28-36-96-68-67(94-34-26-86-58)103-75(104-68)76(107-71)108-72/h41-48H,25-40H2,1-24H3. The quantitative estimate of drug-likeness (QED) is 0.168. The molecule has 20 bridgehead atoms. The van der Waals surface area contributed by atoms with E-state index in [4.69, 9.17) is 37.9 Å². The van der Waals surface area contributed by atoms with Gasteiger partial charge < -0.3 is 37.9 Å². The summed E-state index contributed by atoms with van der Waals surface area (Å²) in [6, 6.07) is 18.3. The van der Waals surface area contributed by atoms with Crippen LogP contribution in [0.1, 0.15) is 211 Å². The Kier molecular flexibility index (Phi) is 29.9. The summed E-state index contributed by atoms with van der Waals surface area (Å²) in [5, 5.41) is 0. The molecule has 0 spiro atoms. The minimum atomic E-state index is -0.178. The van der Waals surface area contributed by atoms with Crippen molar-refractivity contribution in [3.8, 4) is 46.0 Å². The first-order valence-corrected chi connectivity index (χ1v) is 51.7. The first kappa shape index (κ1) is 88.1. The summed E-state index contributed by atoms with van der Waals surface area (Å²) in [6.07, 6.45) is 0. The molecule has 24 heteroatoms. The molecule has 0 aromatic heterocycles. The summed E-state index contributed by atoms with van der Waals surface area (Å²) in [7, 11) is 0. The maximum atomic E-state index is 7.07. The van der Waals surface area contributed by atoms with Crippen molar-refractivity contribution in [3.05, 3.63) is 144 Å². The van der Waals surface area contributed by atoms with Crippen molar-refractivity contribution >= 4 is 188 Å². The van der Waals surface area contributed by atoms with Crippen LogP contribution in [0.4, 0.5) is 0 Å². The number of rotatable bonds is 0. The lowest BCUT2D eigenvalue weighted by molar-refractivity contribution is 0.313. The van der Waals surface area contributed by atoms with Crippen LogP contribution >= 0.6 is 188 Å². The van der Waals surface area contributed by atoms with Gasteiger partial charge in [0.05, 0.1) is 104 Å². The van der Waals surface area contributed by atoms with Gasteiger partial charge in [0.2, 0.25) is 0 Å². The zero-order valence-corrected chi connectivity index (χ0v) is 80.8. The molecule has 0 aliphatic carbocycles. The fourth-order valence-corrected chi connectivity index (χ4v) is 35.4. The van der Waals surface area contributed by atoms with E-state index in [-0.39, 0.29) is 43.3 Å². The average molecular weight is 1760 g/mol. The van der Waals surface area contributed by atoms with Gasteiger partial charge in [-0.25, -0.2) is 0 Å². The van der Waals surface area contributed by atoms with Gasteiger partial charge in [0, 0.05) is 115 Å². The van der Waals surface area contributed by atoms with E-state index >= 15 is 0 Å². The number of hydrogen-bond donors (Lipinski definition) is 0. The molecule has 0 radical (unpaired) electrons. The molecule has 12 rings (SSSR count). The van der Waals surface area contributed by atoms with E-state index in [0.717, 1.165) is 92.0 Å². The van der Waals surface area contributed by atoms with Crippen LogP contribution in [0.5, 0.6) is 46.0 Å². The molecule has 592 valence electrons. The minimum absolute atomic E-state index is 0.178. The Morgan fingerprint density at radius 1 is 0.167 bits per heavy atom.